The molecule has 1 heterocycles. The largest absolute Gasteiger partial charge is 0.346 e. The molecule has 0 saturated heterocycles. The molecule has 0 atom stereocenters. The zero-order valence-electron chi connectivity index (χ0n) is 8.37. The Hall–Kier alpha value is -1.15. The maximum atomic E-state index is 5.11. The number of aromatic nitrogens is 1. The summed E-state index contributed by atoms with van der Waals surface area (Å²) in [7, 11) is 0. The lowest BCUT2D eigenvalue weighted by Gasteiger charge is -2.12. The van der Waals surface area contributed by atoms with E-state index in [0.717, 1.165) is 9.99 Å². The van der Waals surface area contributed by atoms with Crippen LogP contribution in [0.4, 0.5) is 0 Å². The quantitative estimate of drug-likeness (QED) is 0.637. The van der Waals surface area contributed by atoms with Crippen LogP contribution >= 0.6 is 12.2 Å². The molecule has 14 heavy (non-hydrogen) atoms. The number of allylic oxidation sites excluding steroid dienone is 2. The van der Waals surface area contributed by atoms with Gasteiger partial charge in [0, 0.05) is 10.8 Å². The van der Waals surface area contributed by atoms with E-state index in [9.17, 15) is 0 Å². The summed E-state index contributed by atoms with van der Waals surface area (Å²) in [6.07, 6.45) is 8.59. The summed E-state index contributed by atoms with van der Waals surface area (Å²) in [6, 6.07) is 3.97. The first-order valence-corrected chi connectivity index (χ1v) is 5.09. The molecule has 1 aliphatic carbocycles. The second-order valence-electron chi connectivity index (χ2n) is 4.18. The monoisotopic (exact) mass is 203 g/mol. The van der Waals surface area contributed by atoms with Crippen molar-refractivity contribution < 1.29 is 0 Å². The summed E-state index contributed by atoms with van der Waals surface area (Å²) in [5.74, 6) is 0. The number of H-pyrrole nitrogens is 1. The van der Waals surface area contributed by atoms with Gasteiger partial charge in [0.2, 0.25) is 0 Å². The fourth-order valence-electron chi connectivity index (χ4n) is 1.59. The number of rotatable bonds is 0. The van der Waals surface area contributed by atoms with Crippen molar-refractivity contribution in [3.8, 4) is 0 Å². The highest BCUT2D eigenvalue weighted by Gasteiger charge is 2.10. The number of hydrogen-bond donors (Lipinski definition) is 1. The average Bonchev–Trinajstić information content (AvgIpc) is 2.21. The first kappa shape index (κ1) is 9.41. The number of fused-ring (bicyclic) bond motifs is 1. The normalized spacial score (nSPS) is 17.6. The van der Waals surface area contributed by atoms with Gasteiger partial charge >= 0.3 is 0 Å². The van der Waals surface area contributed by atoms with Crippen LogP contribution in [0, 0.1) is 10.1 Å². The molecule has 0 amide bonds. The van der Waals surface area contributed by atoms with Gasteiger partial charge in [0.05, 0.1) is 0 Å². The Morgan fingerprint density at radius 1 is 1.29 bits per heavy atom. The minimum Gasteiger partial charge on any atom is -0.346 e. The molecule has 2 heteroatoms. The van der Waals surface area contributed by atoms with Gasteiger partial charge in [0.15, 0.2) is 0 Å². The van der Waals surface area contributed by atoms with E-state index < -0.39 is 0 Å². The molecule has 0 radical (unpaired) electrons. The fraction of sp³-hybridized carbons (Fsp3) is 0.250. The van der Waals surface area contributed by atoms with Crippen molar-refractivity contribution in [3.05, 3.63) is 39.5 Å². The molecule has 72 valence electrons. The molecule has 1 aromatic rings. The van der Waals surface area contributed by atoms with Crippen LogP contribution < -0.4 is 10.6 Å². The van der Waals surface area contributed by atoms with Crippen LogP contribution in [0.15, 0.2) is 24.3 Å². The second kappa shape index (κ2) is 3.21. The van der Waals surface area contributed by atoms with Gasteiger partial charge in [-0.25, -0.2) is 0 Å². The molecule has 0 aromatic carbocycles. The molecule has 0 saturated carbocycles. The van der Waals surface area contributed by atoms with E-state index in [0.29, 0.717) is 0 Å². The Morgan fingerprint density at radius 2 is 2.07 bits per heavy atom. The highest BCUT2D eigenvalue weighted by molar-refractivity contribution is 7.71. The van der Waals surface area contributed by atoms with Gasteiger partial charge in [-0.15, -0.1) is 0 Å². The Labute approximate surface area is 88.5 Å². The Morgan fingerprint density at radius 3 is 2.86 bits per heavy atom. The van der Waals surface area contributed by atoms with Crippen molar-refractivity contribution in [3.63, 3.8) is 0 Å². The van der Waals surface area contributed by atoms with E-state index in [4.69, 9.17) is 12.2 Å². The summed E-state index contributed by atoms with van der Waals surface area (Å²) in [5, 5.41) is 2.31. The first-order chi connectivity index (χ1) is 6.57. The standard InChI is InChI=1S/C12H13NS/c1-12(2)7-3-4-9-5-6-11(14)13-10(9)8-12/h3-8H,1-2H3,(H,13,14). The number of pyridine rings is 1. The van der Waals surface area contributed by atoms with Crippen LogP contribution in [0.1, 0.15) is 13.8 Å². The summed E-state index contributed by atoms with van der Waals surface area (Å²) in [4.78, 5) is 3.21. The number of aromatic amines is 1. The first-order valence-electron chi connectivity index (χ1n) is 4.69. The molecule has 0 aliphatic heterocycles. The Bertz CT molecular complexity index is 546. The summed E-state index contributed by atoms with van der Waals surface area (Å²) < 4.78 is 0.783. The highest BCUT2D eigenvalue weighted by Crippen LogP contribution is 2.18. The summed E-state index contributed by atoms with van der Waals surface area (Å²) in [5.41, 5.74) is 0.0847. The van der Waals surface area contributed by atoms with Crippen molar-refractivity contribution >= 4 is 24.4 Å². The molecule has 1 nitrogen and oxygen atoms in total. The third-order valence-corrected chi connectivity index (χ3v) is 2.54. The lowest BCUT2D eigenvalue weighted by atomic mass is 9.93. The highest BCUT2D eigenvalue weighted by atomic mass is 32.1. The van der Waals surface area contributed by atoms with Gasteiger partial charge in [-0.2, -0.15) is 0 Å². The summed E-state index contributed by atoms with van der Waals surface area (Å²) in [6.45, 7) is 4.35. The lowest BCUT2D eigenvalue weighted by molar-refractivity contribution is 0.669. The number of nitrogens with one attached hydrogen (secondary N) is 1. The smallest absolute Gasteiger partial charge is 0.103 e. The predicted octanol–water partition coefficient (Wildman–Crippen LogP) is 1.90. The zero-order chi connectivity index (χ0) is 10.2. The minimum atomic E-state index is 0.0847. The Kier molecular flexibility index (Phi) is 2.16. The van der Waals surface area contributed by atoms with Crippen LogP contribution in [0.3, 0.4) is 0 Å². The van der Waals surface area contributed by atoms with Crippen LogP contribution in [0.25, 0.3) is 12.2 Å². The fourth-order valence-corrected chi connectivity index (χ4v) is 1.76. The SMILES string of the molecule is CC1(C)C=CC=c2ccc(=S)[nH]c2=C1. The van der Waals surface area contributed by atoms with Gasteiger partial charge in [-0.05, 0) is 17.4 Å². The Balaban J connectivity index is 2.84. The topological polar surface area (TPSA) is 15.8 Å². The molecule has 1 aliphatic rings. The number of hydrogen-bond acceptors (Lipinski definition) is 1. The maximum Gasteiger partial charge on any atom is 0.103 e. The van der Waals surface area contributed by atoms with E-state index in [1.54, 1.807) is 0 Å². The van der Waals surface area contributed by atoms with E-state index in [1.807, 2.05) is 6.07 Å². The third-order valence-electron chi connectivity index (χ3n) is 2.30. The maximum absolute atomic E-state index is 5.11. The van der Waals surface area contributed by atoms with Crippen molar-refractivity contribution in [2.75, 3.05) is 0 Å². The molecule has 2 rings (SSSR count). The molecule has 1 N–H and O–H groups in total. The molecule has 0 spiro atoms. The van der Waals surface area contributed by atoms with Crippen molar-refractivity contribution in [2.24, 2.45) is 5.41 Å². The van der Waals surface area contributed by atoms with Gasteiger partial charge in [0.1, 0.15) is 4.64 Å². The van der Waals surface area contributed by atoms with Crippen LogP contribution in [0.5, 0.6) is 0 Å². The van der Waals surface area contributed by atoms with Gasteiger partial charge < -0.3 is 4.98 Å². The molecule has 0 fully saturated rings. The second-order valence-corrected chi connectivity index (χ2v) is 4.62. The lowest BCUT2D eigenvalue weighted by Crippen LogP contribution is -2.29. The van der Waals surface area contributed by atoms with Gasteiger partial charge in [0.25, 0.3) is 0 Å². The predicted molar refractivity (Wildman–Crippen MR) is 62.7 cm³/mol. The molecular weight excluding hydrogens is 190 g/mol. The summed E-state index contributed by atoms with van der Waals surface area (Å²) >= 11 is 5.11. The van der Waals surface area contributed by atoms with E-state index in [2.05, 4.69) is 49.2 Å². The third kappa shape index (κ3) is 1.85. The molecule has 1 aromatic heterocycles. The van der Waals surface area contributed by atoms with Crippen molar-refractivity contribution in [1.82, 2.24) is 4.98 Å². The van der Waals surface area contributed by atoms with Crippen LogP contribution in [-0.2, 0) is 0 Å². The molecule has 0 bridgehead atoms. The average molecular weight is 203 g/mol. The van der Waals surface area contributed by atoms with E-state index in [-0.39, 0.29) is 5.41 Å². The molecular formula is C12H13NS. The van der Waals surface area contributed by atoms with Crippen LogP contribution in [-0.4, -0.2) is 4.98 Å². The van der Waals surface area contributed by atoms with Crippen molar-refractivity contribution in [1.29, 1.82) is 0 Å². The van der Waals surface area contributed by atoms with Gasteiger partial charge in [-0.3, -0.25) is 0 Å². The van der Waals surface area contributed by atoms with E-state index >= 15 is 0 Å². The zero-order valence-corrected chi connectivity index (χ0v) is 9.19. The van der Waals surface area contributed by atoms with Gasteiger partial charge in [-0.1, -0.05) is 50.4 Å². The van der Waals surface area contributed by atoms with E-state index in [1.165, 1.54) is 5.22 Å². The molecule has 0 unspecified atom stereocenters. The van der Waals surface area contributed by atoms with Crippen LogP contribution in [0.2, 0.25) is 0 Å². The van der Waals surface area contributed by atoms with Crippen molar-refractivity contribution in [2.45, 2.75) is 13.8 Å². The minimum absolute atomic E-state index is 0.0847.